The molecule has 0 saturated carbocycles. The van der Waals surface area contributed by atoms with Crippen molar-refractivity contribution in [1.29, 1.82) is 0 Å². The summed E-state index contributed by atoms with van der Waals surface area (Å²) in [5, 5.41) is 1.97. The molecule has 0 bridgehead atoms. The molecule has 25 heavy (non-hydrogen) atoms. The molecule has 2 N–H and O–H groups in total. The van der Waals surface area contributed by atoms with Crippen LogP contribution in [0.5, 0.6) is 0 Å². The van der Waals surface area contributed by atoms with Gasteiger partial charge in [0.1, 0.15) is 6.33 Å². The number of thioether (sulfide) groups is 1. The van der Waals surface area contributed by atoms with E-state index in [4.69, 9.17) is 5.73 Å². The van der Waals surface area contributed by atoms with Crippen LogP contribution >= 0.6 is 11.8 Å². The molecule has 0 unspecified atom stereocenters. The molecule has 0 spiro atoms. The second kappa shape index (κ2) is 6.53. The van der Waals surface area contributed by atoms with Gasteiger partial charge in [-0.2, -0.15) is 0 Å². The number of rotatable bonds is 3. The van der Waals surface area contributed by atoms with E-state index in [-0.39, 0.29) is 0 Å². The lowest BCUT2D eigenvalue weighted by Gasteiger charge is -2.08. The van der Waals surface area contributed by atoms with Crippen LogP contribution in [-0.4, -0.2) is 21.2 Å². The zero-order valence-corrected chi connectivity index (χ0v) is 14.5. The highest BCUT2D eigenvalue weighted by Gasteiger charge is 2.10. The first-order valence-corrected chi connectivity index (χ1v) is 9.09. The summed E-state index contributed by atoms with van der Waals surface area (Å²) >= 11 is 1.72. The van der Waals surface area contributed by atoms with Gasteiger partial charge >= 0.3 is 0 Å². The minimum absolute atomic E-state index is 0.739. The summed E-state index contributed by atoms with van der Waals surface area (Å²) < 4.78 is 0. The summed E-state index contributed by atoms with van der Waals surface area (Å²) in [6.07, 6.45) is 5.42. The number of nitrogens with zero attached hydrogens (tertiary/aromatic N) is 3. The fourth-order valence-electron chi connectivity index (χ4n) is 2.84. The predicted molar refractivity (Wildman–Crippen MR) is 104 cm³/mol. The average Bonchev–Trinajstić information content (AvgIpc) is 2.68. The zero-order valence-electron chi connectivity index (χ0n) is 13.7. The SMILES string of the molecule is CSc1ccc(-c2cc(-c3nccc4c(N)cccc34)ncn2)cc1. The van der Waals surface area contributed by atoms with E-state index >= 15 is 0 Å². The summed E-state index contributed by atoms with van der Waals surface area (Å²) in [6.45, 7) is 0. The van der Waals surface area contributed by atoms with Gasteiger partial charge in [0.25, 0.3) is 0 Å². The molecule has 5 heteroatoms. The summed E-state index contributed by atoms with van der Waals surface area (Å²) in [5.41, 5.74) is 10.4. The molecule has 0 atom stereocenters. The van der Waals surface area contributed by atoms with Gasteiger partial charge in [0.15, 0.2) is 0 Å². The van der Waals surface area contributed by atoms with Crippen LogP contribution in [0.3, 0.4) is 0 Å². The quantitative estimate of drug-likeness (QED) is 0.432. The lowest BCUT2D eigenvalue weighted by atomic mass is 10.0. The molecule has 4 aromatic rings. The van der Waals surface area contributed by atoms with Crippen molar-refractivity contribution < 1.29 is 0 Å². The third kappa shape index (κ3) is 2.94. The number of nitrogen functional groups attached to an aromatic ring is 1. The molecule has 0 aliphatic carbocycles. The van der Waals surface area contributed by atoms with Crippen LogP contribution < -0.4 is 5.73 Å². The van der Waals surface area contributed by atoms with Crippen molar-refractivity contribution in [3.05, 3.63) is 67.1 Å². The Balaban J connectivity index is 1.83. The Morgan fingerprint density at radius 2 is 1.64 bits per heavy atom. The largest absolute Gasteiger partial charge is 0.398 e. The van der Waals surface area contributed by atoms with Crippen molar-refractivity contribution in [2.75, 3.05) is 12.0 Å². The maximum Gasteiger partial charge on any atom is 0.116 e. The molecule has 122 valence electrons. The van der Waals surface area contributed by atoms with E-state index in [0.717, 1.165) is 39.1 Å². The monoisotopic (exact) mass is 344 g/mol. The summed E-state index contributed by atoms with van der Waals surface area (Å²) in [7, 11) is 0. The van der Waals surface area contributed by atoms with Crippen LogP contribution in [-0.2, 0) is 0 Å². The van der Waals surface area contributed by atoms with Crippen molar-refractivity contribution in [3.8, 4) is 22.6 Å². The van der Waals surface area contributed by atoms with Crippen LogP contribution in [0.1, 0.15) is 0 Å². The number of hydrogen-bond acceptors (Lipinski definition) is 5. The Morgan fingerprint density at radius 3 is 2.44 bits per heavy atom. The Labute approximate surface area is 150 Å². The Morgan fingerprint density at radius 1 is 0.840 bits per heavy atom. The maximum atomic E-state index is 6.09. The van der Waals surface area contributed by atoms with E-state index in [1.54, 1.807) is 24.3 Å². The second-order valence-corrected chi connectivity index (χ2v) is 6.50. The molecule has 4 rings (SSSR count). The molecule has 2 heterocycles. The maximum absolute atomic E-state index is 6.09. The number of anilines is 1. The van der Waals surface area contributed by atoms with Gasteiger partial charge < -0.3 is 5.73 Å². The Kier molecular flexibility index (Phi) is 4.07. The molecule has 4 nitrogen and oxygen atoms in total. The van der Waals surface area contributed by atoms with Crippen molar-refractivity contribution in [1.82, 2.24) is 15.0 Å². The van der Waals surface area contributed by atoms with Gasteiger partial charge in [-0.25, -0.2) is 9.97 Å². The minimum Gasteiger partial charge on any atom is -0.398 e. The summed E-state index contributed by atoms with van der Waals surface area (Å²) in [4.78, 5) is 14.6. The Bertz CT molecular complexity index is 1040. The van der Waals surface area contributed by atoms with Gasteiger partial charge in [0, 0.05) is 33.1 Å². The Hall–Kier alpha value is -2.92. The van der Waals surface area contributed by atoms with E-state index in [0.29, 0.717) is 0 Å². The van der Waals surface area contributed by atoms with Crippen molar-refractivity contribution in [3.63, 3.8) is 0 Å². The third-order valence-corrected chi connectivity index (χ3v) is 4.88. The second-order valence-electron chi connectivity index (χ2n) is 5.62. The topological polar surface area (TPSA) is 64.7 Å². The molecule has 2 aromatic heterocycles. The molecular formula is C20H16N4S. The van der Waals surface area contributed by atoms with E-state index < -0.39 is 0 Å². The number of hydrogen-bond donors (Lipinski definition) is 1. The standard InChI is InChI=1S/C20H16N4S/c1-25-14-7-5-13(6-8-14)18-11-19(24-12-23-18)20-16-3-2-4-17(21)15(16)9-10-22-20/h2-12H,21H2,1H3. The van der Waals surface area contributed by atoms with Gasteiger partial charge in [0.2, 0.25) is 0 Å². The minimum atomic E-state index is 0.739. The van der Waals surface area contributed by atoms with E-state index in [1.165, 1.54) is 4.90 Å². The smallest absolute Gasteiger partial charge is 0.116 e. The van der Waals surface area contributed by atoms with Crippen LogP contribution in [0.25, 0.3) is 33.4 Å². The molecule has 0 radical (unpaired) electrons. The number of benzene rings is 2. The molecule has 2 aromatic carbocycles. The van der Waals surface area contributed by atoms with Gasteiger partial charge in [-0.05, 0) is 36.6 Å². The van der Waals surface area contributed by atoms with Crippen molar-refractivity contribution in [2.24, 2.45) is 0 Å². The zero-order chi connectivity index (χ0) is 17.2. The number of aromatic nitrogens is 3. The molecular weight excluding hydrogens is 328 g/mol. The fourth-order valence-corrected chi connectivity index (χ4v) is 3.25. The van der Waals surface area contributed by atoms with Crippen LogP contribution in [0.4, 0.5) is 5.69 Å². The highest BCUT2D eigenvalue weighted by molar-refractivity contribution is 7.98. The van der Waals surface area contributed by atoms with Gasteiger partial charge in [-0.15, -0.1) is 11.8 Å². The number of pyridine rings is 1. The van der Waals surface area contributed by atoms with Gasteiger partial charge in [-0.3, -0.25) is 4.98 Å². The predicted octanol–water partition coefficient (Wildman–Crippen LogP) is 4.66. The molecule has 0 fully saturated rings. The van der Waals surface area contributed by atoms with Crippen LogP contribution in [0.15, 0.2) is 72.0 Å². The lowest BCUT2D eigenvalue weighted by Crippen LogP contribution is -1.94. The fraction of sp³-hybridized carbons (Fsp3) is 0.0500. The number of fused-ring (bicyclic) bond motifs is 1. The first-order valence-electron chi connectivity index (χ1n) is 7.86. The van der Waals surface area contributed by atoms with Crippen molar-refractivity contribution >= 4 is 28.2 Å². The van der Waals surface area contributed by atoms with Gasteiger partial charge in [-0.1, -0.05) is 24.3 Å². The summed E-state index contributed by atoms with van der Waals surface area (Å²) in [5.74, 6) is 0. The third-order valence-electron chi connectivity index (χ3n) is 4.14. The summed E-state index contributed by atoms with van der Waals surface area (Å²) in [6, 6.07) is 18.1. The molecule has 0 amide bonds. The molecule has 0 aliphatic rings. The van der Waals surface area contributed by atoms with E-state index in [9.17, 15) is 0 Å². The number of nitrogens with two attached hydrogens (primary N) is 1. The normalized spacial score (nSPS) is 10.9. The van der Waals surface area contributed by atoms with Gasteiger partial charge in [0.05, 0.1) is 17.1 Å². The highest BCUT2D eigenvalue weighted by Crippen LogP contribution is 2.30. The molecule has 0 aliphatic heterocycles. The average molecular weight is 344 g/mol. The van der Waals surface area contributed by atoms with E-state index in [1.807, 2.05) is 30.3 Å². The van der Waals surface area contributed by atoms with Crippen LogP contribution in [0, 0.1) is 0 Å². The van der Waals surface area contributed by atoms with E-state index in [2.05, 4.69) is 45.5 Å². The molecule has 0 saturated heterocycles. The first kappa shape index (κ1) is 15.6. The van der Waals surface area contributed by atoms with Crippen LogP contribution in [0.2, 0.25) is 0 Å². The van der Waals surface area contributed by atoms with Crippen molar-refractivity contribution in [2.45, 2.75) is 4.90 Å². The first-order chi connectivity index (χ1) is 12.3. The highest BCUT2D eigenvalue weighted by atomic mass is 32.2. The lowest BCUT2D eigenvalue weighted by molar-refractivity contribution is 1.16.